The lowest BCUT2D eigenvalue weighted by atomic mass is 9.91. The molecule has 2 saturated carbocycles. The molecule has 60 heavy (non-hydrogen) atoms. The van der Waals surface area contributed by atoms with E-state index in [1.165, 1.54) is 23.1 Å². The summed E-state index contributed by atoms with van der Waals surface area (Å²) in [6.45, 7) is 15.7. The zero-order chi connectivity index (χ0) is 44.5. The molecule has 1 aromatic rings. The van der Waals surface area contributed by atoms with Crippen LogP contribution in [0.2, 0.25) is 0 Å². The monoisotopic (exact) mass is 860 g/mol. The van der Waals surface area contributed by atoms with Gasteiger partial charge in [-0.25, -0.2) is 27.2 Å². The molecule has 1 saturated heterocycles. The molecule has 0 radical (unpaired) electrons. The number of amides is 4. The van der Waals surface area contributed by atoms with E-state index in [-0.39, 0.29) is 32.5 Å². The van der Waals surface area contributed by atoms with Crippen molar-refractivity contribution in [3.8, 4) is 0 Å². The molecule has 5 atom stereocenters. The van der Waals surface area contributed by atoms with Crippen LogP contribution < -0.4 is 10.0 Å². The van der Waals surface area contributed by atoms with Crippen LogP contribution in [0.15, 0.2) is 43.1 Å². The highest BCUT2D eigenvalue weighted by Gasteiger charge is 2.61. The Morgan fingerprint density at radius 2 is 1.68 bits per heavy atom. The number of carbonyl (C=O) groups is 7. The summed E-state index contributed by atoms with van der Waals surface area (Å²) in [4.78, 5) is 96.6. The van der Waals surface area contributed by atoms with Crippen LogP contribution in [0.5, 0.6) is 0 Å². The number of Topliss-reactive ketones (excluding diaryl/α,β-unsaturated/α-hetero) is 1. The van der Waals surface area contributed by atoms with Crippen LogP contribution in [0.3, 0.4) is 0 Å². The van der Waals surface area contributed by atoms with E-state index in [0.29, 0.717) is 24.0 Å². The second kappa shape index (κ2) is 17.3. The highest BCUT2D eigenvalue weighted by Crippen LogP contribution is 2.57. The van der Waals surface area contributed by atoms with Gasteiger partial charge >= 0.3 is 24.1 Å². The normalized spacial score (nSPS) is 22.8. The first-order valence-electron chi connectivity index (χ1n) is 19.6. The van der Waals surface area contributed by atoms with Crippen molar-refractivity contribution in [2.45, 2.75) is 122 Å². The number of ketones is 1. The molecule has 5 rings (SSSR count). The fraction of sp³-hybridized carbons (Fsp3) is 0.585. The van der Waals surface area contributed by atoms with Crippen molar-refractivity contribution in [2.75, 3.05) is 13.2 Å². The van der Waals surface area contributed by atoms with Crippen LogP contribution in [-0.4, -0.2) is 102 Å². The van der Waals surface area contributed by atoms with E-state index in [4.69, 9.17) is 18.9 Å². The maximum Gasteiger partial charge on any atom is 0.412 e. The molecular formula is C41H53FN4O13S. The number of alkyl carbamates (subject to hydrolysis) is 1. The van der Waals surface area contributed by atoms with Crippen LogP contribution >= 0.6 is 0 Å². The Hall–Kier alpha value is -5.33. The highest BCUT2D eigenvalue weighted by molar-refractivity contribution is 7.90. The van der Waals surface area contributed by atoms with Crippen LogP contribution in [0.25, 0.3) is 0 Å². The van der Waals surface area contributed by atoms with Crippen molar-refractivity contribution < 1.29 is 65.3 Å². The molecule has 4 aliphatic rings. The van der Waals surface area contributed by atoms with E-state index >= 15 is 0 Å². The fourth-order valence-corrected chi connectivity index (χ4v) is 8.63. The van der Waals surface area contributed by atoms with Gasteiger partial charge in [-0.3, -0.25) is 34.1 Å². The third kappa shape index (κ3) is 11.3. The third-order valence-electron chi connectivity index (χ3n) is 10.4. The number of carbonyl (C=O) groups excluding carboxylic acids is 7. The summed E-state index contributed by atoms with van der Waals surface area (Å²) in [5, 5.41) is 1.44. The largest absolute Gasteiger partial charge is 0.460 e. The first-order valence-corrected chi connectivity index (χ1v) is 21.2. The lowest BCUT2D eigenvalue weighted by Crippen LogP contribution is -2.47. The maximum absolute atomic E-state index is 14.6. The Balaban J connectivity index is 1.39. The summed E-state index contributed by atoms with van der Waals surface area (Å²) in [5.41, 5.74) is -3.00. The van der Waals surface area contributed by atoms with Crippen LogP contribution in [0.1, 0.15) is 91.2 Å². The van der Waals surface area contributed by atoms with Gasteiger partial charge in [0.05, 0.1) is 42.1 Å². The van der Waals surface area contributed by atoms with Crippen molar-refractivity contribution in [3.05, 3.63) is 60.1 Å². The van der Waals surface area contributed by atoms with Crippen molar-refractivity contribution in [1.29, 1.82) is 0 Å². The van der Waals surface area contributed by atoms with Crippen LogP contribution in [-0.2, 0) is 66.0 Å². The third-order valence-corrected chi connectivity index (χ3v) is 12.2. The first kappa shape index (κ1) is 45.7. The van der Waals surface area contributed by atoms with Gasteiger partial charge < -0.3 is 23.8 Å². The van der Waals surface area contributed by atoms with Crippen molar-refractivity contribution in [1.82, 2.24) is 19.8 Å². The predicted octanol–water partition coefficient (Wildman–Crippen LogP) is 3.94. The van der Waals surface area contributed by atoms with Crippen molar-refractivity contribution >= 4 is 51.7 Å². The maximum atomic E-state index is 14.6. The Bertz CT molecular complexity index is 2070. The molecule has 3 fully saturated rings. The van der Waals surface area contributed by atoms with Gasteiger partial charge in [0, 0.05) is 24.9 Å². The number of rotatable bonds is 15. The lowest BCUT2D eigenvalue weighted by Gasteiger charge is -2.29. The molecule has 19 heteroatoms. The number of sulfonamides is 1. The number of nitrogens with zero attached hydrogens (tertiary/aromatic N) is 2. The number of hydrogen-bond acceptors (Lipinski definition) is 13. The molecule has 2 aliphatic heterocycles. The topological polar surface area (TPSA) is 221 Å². The minimum absolute atomic E-state index is 0.0470. The smallest absolute Gasteiger partial charge is 0.412 e. The van der Waals surface area contributed by atoms with Crippen LogP contribution in [0, 0.1) is 23.1 Å². The molecule has 0 spiro atoms. The number of nitrogens with one attached hydrogen (secondary N) is 2. The molecule has 2 aliphatic carbocycles. The standard InChI is InChI=1S/C41H53FN4O13S/c1-9-26-17-41(26,36(51)44-60(54,55)28-13-14-28)18-32(47)31-16-27(57-38(53)45-19-24-11-10-12-30(42)29(24)21-45)20-46(31)34(49)25(15-33(48)58-39(3,4)5)22-56-35(50)23(2)43-37(52)59-40(6,7)8/h9-12,25-28,31H,1-2,13-22H2,3-8H3,(H,43,52)(H,44,51)/t25-,26+,27?,31-,41+/m0/s1. The van der Waals surface area contributed by atoms with Crippen molar-refractivity contribution in [2.24, 2.45) is 17.3 Å². The minimum Gasteiger partial charge on any atom is -0.460 e. The van der Waals surface area contributed by atoms with E-state index < -0.39 is 129 Å². The quantitative estimate of drug-likeness (QED) is 0.111. The van der Waals surface area contributed by atoms with Gasteiger partial charge in [-0.05, 0) is 78.4 Å². The zero-order valence-electron chi connectivity index (χ0n) is 34.7. The van der Waals surface area contributed by atoms with Crippen LogP contribution in [0.4, 0.5) is 14.0 Å². The number of esters is 2. The SMILES string of the molecule is C=C[C@@H]1C[C@]1(CC(=O)[C@@H]1CC(OC(=O)N2Cc3cccc(F)c3C2)CN1C(=O)[C@H](COC(=O)C(=C)NC(=O)OC(C)(C)C)CC(=O)OC(C)(C)C)C(=O)NS(=O)(=O)C1CC1. The van der Waals surface area contributed by atoms with Gasteiger partial charge in [0.25, 0.3) is 0 Å². The molecule has 0 bridgehead atoms. The number of halogens is 1. The molecular weight excluding hydrogens is 808 g/mol. The minimum atomic E-state index is -3.98. The molecule has 1 aromatic carbocycles. The average Bonchev–Trinajstić information content (AvgIpc) is 4.02. The molecule has 2 heterocycles. The van der Waals surface area contributed by atoms with E-state index in [9.17, 15) is 46.4 Å². The Morgan fingerprint density at radius 3 is 2.27 bits per heavy atom. The first-order chi connectivity index (χ1) is 27.8. The number of allylic oxidation sites excluding steroid dienone is 1. The second-order valence-corrected chi connectivity index (χ2v) is 19.7. The van der Waals surface area contributed by atoms with E-state index in [1.807, 2.05) is 0 Å². The van der Waals surface area contributed by atoms with Gasteiger partial charge in [0.1, 0.15) is 35.4 Å². The van der Waals surface area contributed by atoms with Crippen molar-refractivity contribution in [3.63, 3.8) is 0 Å². The number of hydrogen-bond donors (Lipinski definition) is 2. The van der Waals surface area contributed by atoms with E-state index in [1.54, 1.807) is 47.6 Å². The Kier molecular flexibility index (Phi) is 13.2. The second-order valence-electron chi connectivity index (χ2n) is 17.7. The lowest BCUT2D eigenvalue weighted by molar-refractivity contribution is -0.161. The zero-order valence-corrected chi connectivity index (χ0v) is 35.5. The summed E-state index contributed by atoms with van der Waals surface area (Å²) in [5.74, 6) is -6.97. The van der Waals surface area contributed by atoms with Gasteiger partial charge in [0.2, 0.25) is 21.8 Å². The van der Waals surface area contributed by atoms with Gasteiger partial charge in [0.15, 0.2) is 5.78 Å². The van der Waals surface area contributed by atoms with E-state index in [2.05, 4.69) is 23.2 Å². The highest BCUT2D eigenvalue weighted by atomic mass is 32.2. The summed E-state index contributed by atoms with van der Waals surface area (Å²) < 4.78 is 63.8. The molecule has 0 aromatic heterocycles. The summed E-state index contributed by atoms with van der Waals surface area (Å²) in [6, 6.07) is 3.10. The molecule has 17 nitrogen and oxygen atoms in total. The van der Waals surface area contributed by atoms with E-state index in [0.717, 1.165) is 4.90 Å². The fourth-order valence-electron chi connectivity index (χ4n) is 7.24. The molecule has 2 N–H and O–H groups in total. The predicted molar refractivity (Wildman–Crippen MR) is 210 cm³/mol. The van der Waals surface area contributed by atoms with Gasteiger partial charge in [-0.15, -0.1) is 6.58 Å². The summed E-state index contributed by atoms with van der Waals surface area (Å²) in [6.07, 6.45) is -2.01. The molecule has 1 unspecified atom stereocenters. The summed E-state index contributed by atoms with van der Waals surface area (Å²) >= 11 is 0. The number of fused-ring (bicyclic) bond motifs is 1. The molecule has 4 amide bonds. The Morgan fingerprint density at radius 1 is 1.02 bits per heavy atom. The Labute approximate surface area is 348 Å². The van der Waals surface area contributed by atoms with Gasteiger partial charge in [-0.1, -0.05) is 24.8 Å². The number of likely N-dealkylation sites (tertiary alicyclic amines) is 1. The average molecular weight is 861 g/mol. The number of ether oxygens (including phenoxy) is 4. The van der Waals surface area contributed by atoms with Gasteiger partial charge in [-0.2, -0.15) is 0 Å². The number of benzene rings is 1. The summed E-state index contributed by atoms with van der Waals surface area (Å²) in [7, 11) is -3.98. The molecule has 328 valence electrons.